The van der Waals surface area contributed by atoms with Crippen molar-refractivity contribution in [3.05, 3.63) is 0 Å². The van der Waals surface area contributed by atoms with Gasteiger partial charge in [-0.2, -0.15) is 0 Å². The summed E-state index contributed by atoms with van der Waals surface area (Å²) in [7, 11) is 1.74. The highest BCUT2D eigenvalue weighted by Crippen LogP contribution is 2.30. The van der Waals surface area contributed by atoms with Crippen molar-refractivity contribution >= 4 is 11.7 Å². The predicted octanol–water partition coefficient (Wildman–Crippen LogP) is 2.56. The lowest BCUT2D eigenvalue weighted by atomic mass is 9.93. The van der Waals surface area contributed by atoms with Crippen LogP contribution in [0.25, 0.3) is 0 Å². The Morgan fingerprint density at radius 2 is 2.12 bits per heavy atom. The van der Waals surface area contributed by atoms with Crippen LogP contribution in [0.2, 0.25) is 0 Å². The first-order chi connectivity index (χ1) is 7.61. The number of hydrogen-bond donors (Lipinski definition) is 0. The van der Waals surface area contributed by atoms with Crippen LogP contribution in [0.5, 0.6) is 0 Å². The van der Waals surface area contributed by atoms with E-state index in [0.29, 0.717) is 6.42 Å². The summed E-state index contributed by atoms with van der Waals surface area (Å²) in [6, 6.07) is 0. The highest BCUT2D eigenvalue weighted by molar-refractivity contribution is 6.07. The second-order valence-electron chi connectivity index (χ2n) is 4.32. The van der Waals surface area contributed by atoms with Gasteiger partial charge in [-0.25, -0.2) is 0 Å². The SMILES string of the molecule is CCCCC1=NC(CC)(CCF)C(=O)N1C. The van der Waals surface area contributed by atoms with Gasteiger partial charge in [-0.05, 0) is 12.8 Å². The summed E-state index contributed by atoms with van der Waals surface area (Å²) in [5, 5.41) is 0. The summed E-state index contributed by atoms with van der Waals surface area (Å²) >= 11 is 0. The van der Waals surface area contributed by atoms with E-state index in [2.05, 4.69) is 11.9 Å². The zero-order valence-corrected chi connectivity index (χ0v) is 10.4. The predicted molar refractivity (Wildman–Crippen MR) is 63.3 cm³/mol. The molecule has 16 heavy (non-hydrogen) atoms. The quantitative estimate of drug-likeness (QED) is 0.687. The molecule has 0 aliphatic carbocycles. The Labute approximate surface area is 96.7 Å². The molecule has 1 unspecified atom stereocenters. The van der Waals surface area contributed by atoms with Gasteiger partial charge in [0.15, 0.2) is 0 Å². The number of amidine groups is 1. The molecular formula is C12H21FN2O. The first kappa shape index (κ1) is 13.1. The van der Waals surface area contributed by atoms with Gasteiger partial charge in [0.25, 0.3) is 5.91 Å². The summed E-state index contributed by atoms with van der Waals surface area (Å²) in [4.78, 5) is 18.2. The highest BCUT2D eigenvalue weighted by atomic mass is 19.1. The number of nitrogens with zero attached hydrogens (tertiary/aromatic N) is 2. The maximum atomic E-state index is 12.5. The van der Waals surface area contributed by atoms with Crippen molar-refractivity contribution in [3.63, 3.8) is 0 Å². The molecule has 0 saturated heterocycles. The smallest absolute Gasteiger partial charge is 0.255 e. The van der Waals surface area contributed by atoms with Crippen LogP contribution in [0.4, 0.5) is 4.39 Å². The minimum Gasteiger partial charge on any atom is -0.302 e. The third-order valence-electron chi connectivity index (χ3n) is 3.28. The number of unbranched alkanes of at least 4 members (excludes halogenated alkanes) is 1. The standard InChI is InChI=1S/C12H21FN2O/c1-4-6-7-10-14-12(5-2,8-9-13)11(16)15(10)3/h4-9H2,1-3H3. The summed E-state index contributed by atoms with van der Waals surface area (Å²) in [5.74, 6) is 0.779. The summed E-state index contributed by atoms with van der Waals surface area (Å²) in [6.45, 7) is 3.51. The number of likely N-dealkylation sites (N-methyl/N-ethyl adjacent to an activating group) is 1. The van der Waals surface area contributed by atoms with Crippen LogP contribution in [0.15, 0.2) is 4.99 Å². The third-order valence-corrected chi connectivity index (χ3v) is 3.28. The fraction of sp³-hybridized carbons (Fsp3) is 0.833. The van der Waals surface area contributed by atoms with E-state index in [1.165, 1.54) is 0 Å². The van der Waals surface area contributed by atoms with Crippen molar-refractivity contribution in [1.82, 2.24) is 4.90 Å². The minimum absolute atomic E-state index is 0.0428. The molecule has 0 saturated carbocycles. The maximum Gasteiger partial charge on any atom is 0.255 e. The third kappa shape index (κ3) is 2.25. The average molecular weight is 228 g/mol. The molecule has 0 aromatic carbocycles. The van der Waals surface area contributed by atoms with Crippen molar-refractivity contribution in [2.45, 2.75) is 51.5 Å². The van der Waals surface area contributed by atoms with Gasteiger partial charge in [0.05, 0.1) is 6.67 Å². The normalized spacial score (nSPS) is 25.1. The zero-order chi connectivity index (χ0) is 12.2. The van der Waals surface area contributed by atoms with Crippen LogP contribution in [-0.2, 0) is 4.79 Å². The van der Waals surface area contributed by atoms with Crippen LogP contribution in [0.1, 0.15) is 46.0 Å². The Balaban J connectivity index is 2.86. The number of alkyl halides is 1. The van der Waals surface area contributed by atoms with Crippen molar-refractivity contribution in [1.29, 1.82) is 0 Å². The van der Waals surface area contributed by atoms with Gasteiger partial charge in [0.2, 0.25) is 0 Å². The lowest BCUT2D eigenvalue weighted by Crippen LogP contribution is -2.40. The molecule has 1 heterocycles. The number of amides is 1. The molecule has 1 aliphatic heterocycles. The number of hydrogen-bond acceptors (Lipinski definition) is 2. The molecule has 4 heteroatoms. The molecular weight excluding hydrogens is 207 g/mol. The van der Waals surface area contributed by atoms with Crippen molar-refractivity contribution in [3.8, 4) is 0 Å². The summed E-state index contributed by atoms with van der Waals surface area (Å²) in [5.41, 5.74) is -0.813. The van der Waals surface area contributed by atoms with Gasteiger partial charge in [-0.3, -0.25) is 14.2 Å². The lowest BCUT2D eigenvalue weighted by Gasteiger charge is -2.21. The van der Waals surface area contributed by atoms with Gasteiger partial charge < -0.3 is 4.90 Å². The molecule has 1 aliphatic rings. The van der Waals surface area contributed by atoms with Gasteiger partial charge >= 0.3 is 0 Å². The second-order valence-corrected chi connectivity index (χ2v) is 4.32. The first-order valence-electron chi connectivity index (χ1n) is 6.04. The Kier molecular flexibility index (Phi) is 4.44. The highest BCUT2D eigenvalue weighted by Gasteiger charge is 2.44. The number of carbonyl (C=O) groups is 1. The van der Waals surface area contributed by atoms with Crippen molar-refractivity contribution in [2.75, 3.05) is 13.7 Å². The lowest BCUT2D eigenvalue weighted by molar-refractivity contribution is -0.130. The van der Waals surface area contributed by atoms with E-state index >= 15 is 0 Å². The van der Waals surface area contributed by atoms with Gasteiger partial charge in [0, 0.05) is 19.9 Å². The molecule has 92 valence electrons. The van der Waals surface area contributed by atoms with E-state index in [1.807, 2.05) is 6.92 Å². The molecule has 0 radical (unpaired) electrons. The van der Waals surface area contributed by atoms with E-state index in [0.717, 1.165) is 25.1 Å². The van der Waals surface area contributed by atoms with Gasteiger partial charge in [0.1, 0.15) is 11.4 Å². The molecule has 1 atom stereocenters. The Morgan fingerprint density at radius 1 is 1.44 bits per heavy atom. The number of aliphatic imine (C=N–C) groups is 1. The fourth-order valence-electron chi connectivity index (χ4n) is 2.08. The van der Waals surface area contributed by atoms with Gasteiger partial charge in [-0.15, -0.1) is 0 Å². The van der Waals surface area contributed by atoms with Crippen LogP contribution in [0.3, 0.4) is 0 Å². The maximum absolute atomic E-state index is 12.5. The molecule has 0 aromatic heterocycles. The molecule has 1 amide bonds. The average Bonchev–Trinajstić information content (AvgIpc) is 2.53. The van der Waals surface area contributed by atoms with Crippen LogP contribution >= 0.6 is 0 Å². The molecule has 0 fully saturated rings. The van der Waals surface area contributed by atoms with E-state index < -0.39 is 12.2 Å². The number of rotatable bonds is 6. The Hall–Kier alpha value is -0.930. The summed E-state index contributed by atoms with van der Waals surface area (Å²) in [6.07, 6.45) is 3.69. The molecule has 0 aromatic rings. The van der Waals surface area contributed by atoms with Crippen LogP contribution in [-0.4, -0.2) is 35.9 Å². The Morgan fingerprint density at radius 3 is 2.62 bits per heavy atom. The first-order valence-corrected chi connectivity index (χ1v) is 6.04. The summed E-state index contributed by atoms with van der Waals surface area (Å²) < 4.78 is 12.5. The van der Waals surface area contributed by atoms with Gasteiger partial charge in [-0.1, -0.05) is 20.3 Å². The van der Waals surface area contributed by atoms with E-state index in [-0.39, 0.29) is 12.3 Å². The van der Waals surface area contributed by atoms with Crippen molar-refractivity contribution < 1.29 is 9.18 Å². The van der Waals surface area contributed by atoms with Crippen LogP contribution < -0.4 is 0 Å². The molecule has 0 spiro atoms. The van der Waals surface area contributed by atoms with Crippen molar-refractivity contribution in [2.24, 2.45) is 4.99 Å². The van der Waals surface area contributed by atoms with E-state index in [4.69, 9.17) is 0 Å². The number of carbonyl (C=O) groups excluding carboxylic acids is 1. The van der Waals surface area contributed by atoms with E-state index in [9.17, 15) is 9.18 Å². The molecule has 3 nitrogen and oxygen atoms in total. The molecule has 0 N–H and O–H groups in total. The molecule has 1 rings (SSSR count). The largest absolute Gasteiger partial charge is 0.302 e. The fourth-order valence-corrected chi connectivity index (χ4v) is 2.08. The Bertz CT molecular complexity index is 291. The zero-order valence-electron chi connectivity index (χ0n) is 10.4. The van der Waals surface area contributed by atoms with Crippen LogP contribution in [0, 0.1) is 0 Å². The molecule has 0 bridgehead atoms. The number of halogens is 1. The topological polar surface area (TPSA) is 32.7 Å². The monoisotopic (exact) mass is 228 g/mol. The minimum atomic E-state index is -0.813. The van der Waals surface area contributed by atoms with E-state index in [1.54, 1.807) is 11.9 Å². The second kappa shape index (κ2) is 5.41.